The zero-order chi connectivity index (χ0) is 17.4. The lowest BCUT2D eigenvalue weighted by Gasteiger charge is -2.09. The van der Waals surface area contributed by atoms with Gasteiger partial charge in [0.25, 0.3) is 5.91 Å². The molecule has 3 rings (SSSR count). The summed E-state index contributed by atoms with van der Waals surface area (Å²) in [5, 5.41) is 1.43. The van der Waals surface area contributed by atoms with E-state index in [4.69, 9.17) is 11.6 Å². The molecule has 0 bridgehead atoms. The van der Waals surface area contributed by atoms with Crippen molar-refractivity contribution in [2.24, 2.45) is 4.99 Å². The maximum absolute atomic E-state index is 12.3. The molecule has 6 heteroatoms. The molecule has 1 fully saturated rings. The first-order valence-corrected chi connectivity index (χ1v) is 8.71. The van der Waals surface area contributed by atoms with E-state index in [-0.39, 0.29) is 5.91 Å². The molecule has 1 amide bonds. The van der Waals surface area contributed by atoms with Crippen LogP contribution in [0.5, 0.6) is 0 Å². The summed E-state index contributed by atoms with van der Waals surface area (Å²) in [6.07, 6.45) is 1.94. The van der Waals surface area contributed by atoms with Crippen molar-refractivity contribution in [3.63, 3.8) is 0 Å². The first-order chi connectivity index (χ1) is 11.4. The van der Waals surface area contributed by atoms with Gasteiger partial charge in [0.1, 0.15) is 0 Å². The van der Waals surface area contributed by atoms with Crippen molar-refractivity contribution >= 4 is 40.5 Å². The molecule has 2 aromatic rings. The Morgan fingerprint density at radius 2 is 1.88 bits per heavy atom. The second-order valence-corrected chi connectivity index (χ2v) is 7.06. The lowest BCUT2D eigenvalue weighted by atomic mass is 10.2. The number of aromatic nitrogens is 1. The van der Waals surface area contributed by atoms with Crippen molar-refractivity contribution in [1.82, 2.24) is 9.47 Å². The van der Waals surface area contributed by atoms with Crippen LogP contribution in [0.25, 0.3) is 11.8 Å². The number of hydrogen-bond donors (Lipinski definition) is 0. The molecule has 0 aliphatic carbocycles. The highest BCUT2D eigenvalue weighted by atomic mass is 35.5. The molecule has 124 valence electrons. The van der Waals surface area contributed by atoms with Crippen molar-refractivity contribution in [2.75, 3.05) is 14.1 Å². The molecular formula is C18H18ClN3OS. The van der Waals surface area contributed by atoms with E-state index in [9.17, 15) is 4.79 Å². The summed E-state index contributed by atoms with van der Waals surface area (Å²) in [7, 11) is 3.44. The summed E-state index contributed by atoms with van der Waals surface area (Å²) in [6.45, 7) is 4.11. The van der Waals surface area contributed by atoms with Gasteiger partial charge in [0.05, 0.1) is 4.91 Å². The number of rotatable bonds is 2. The smallest absolute Gasteiger partial charge is 0.266 e. The number of likely N-dealkylation sites (N-methyl/N-ethyl adjacent to an activating group) is 1. The van der Waals surface area contributed by atoms with Crippen molar-refractivity contribution in [2.45, 2.75) is 13.8 Å². The molecule has 0 saturated carbocycles. The second kappa shape index (κ2) is 6.49. The van der Waals surface area contributed by atoms with Gasteiger partial charge in [0.15, 0.2) is 5.17 Å². The summed E-state index contributed by atoms with van der Waals surface area (Å²) < 4.78 is 2.16. The molecule has 24 heavy (non-hydrogen) atoms. The maximum atomic E-state index is 12.3. The van der Waals surface area contributed by atoms with Gasteiger partial charge in [-0.2, -0.15) is 0 Å². The SMILES string of the molecule is CN=C1S/C(=C\c2cc(C)n(-c3ccc(Cl)cc3)c2C)C(=O)N1C. The fraction of sp³-hybridized carbons (Fsp3) is 0.222. The minimum Gasteiger partial charge on any atom is -0.318 e. The molecule has 0 spiro atoms. The van der Waals surface area contributed by atoms with Gasteiger partial charge < -0.3 is 4.57 Å². The van der Waals surface area contributed by atoms with Crippen LogP contribution in [0.15, 0.2) is 40.2 Å². The Morgan fingerprint density at radius 1 is 1.21 bits per heavy atom. The third kappa shape index (κ3) is 2.89. The summed E-state index contributed by atoms with van der Waals surface area (Å²) >= 11 is 7.38. The number of hydrogen-bond acceptors (Lipinski definition) is 3. The molecule has 0 unspecified atom stereocenters. The number of nitrogens with zero attached hydrogens (tertiary/aromatic N) is 3. The van der Waals surface area contributed by atoms with Crippen LogP contribution in [0, 0.1) is 13.8 Å². The van der Waals surface area contributed by atoms with E-state index in [0.29, 0.717) is 9.93 Å². The molecule has 0 N–H and O–H groups in total. The van der Waals surface area contributed by atoms with Gasteiger partial charge in [-0.1, -0.05) is 11.6 Å². The highest BCUT2D eigenvalue weighted by Gasteiger charge is 2.30. The number of benzene rings is 1. The van der Waals surface area contributed by atoms with Crippen molar-refractivity contribution in [3.05, 3.63) is 57.2 Å². The molecule has 0 atom stereocenters. The van der Waals surface area contributed by atoms with E-state index in [1.54, 1.807) is 19.0 Å². The highest BCUT2D eigenvalue weighted by Crippen LogP contribution is 2.33. The highest BCUT2D eigenvalue weighted by molar-refractivity contribution is 8.18. The third-order valence-corrected chi connectivity index (χ3v) is 5.44. The molecular weight excluding hydrogens is 342 g/mol. The third-order valence-electron chi connectivity index (χ3n) is 4.04. The largest absolute Gasteiger partial charge is 0.318 e. The number of carbonyl (C=O) groups is 1. The average molecular weight is 360 g/mol. The van der Waals surface area contributed by atoms with Gasteiger partial charge >= 0.3 is 0 Å². The van der Waals surface area contributed by atoms with Crippen LogP contribution in [-0.4, -0.2) is 34.6 Å². The maximum Gasteiger partial charge on any atom is 0.266 e. The number of aryl methyl sites for hydroxylation is 1. The van der Waals surface area contributed by atoms with Gasteiger partial charge in [-0.05, 0) is 67.6 Å². The summed E-state index contributed by atoms with van der Waals surface area (Å²) in [4.78, 5) is 18.7. The minimum absolute atomic E-state index is 0.0168. The lowest BCUT2D eigenvalue weighted by Crippen LogP contribution is -2.23. The van der Waals surface area contributed by atoms with Crippen molar-refractivity contribution < 1.29 is 4.79 Å². The molecule has 1 aromatic heterocycles. The Bertz CT molecular complexity index is 865. The molecule has 4 nitrogen and oxygen atoms in total. The number of amidine groups is 1. The van der Waals surface area contributed by atoms with E-state index >= 15 is 0 Å². The lowest BCUT2D eigenvalue weighted by molar-refractivity contribution is -0.121. The van der Waals surface area contributed by atoms with E-state index in [2.05, 4.69) is 29.5 Å². The average Bonchev–Trinajstić information content (AvgIpc) is 2.99. The van der Waals surface area contributed by atoms with Crippen molar-refractivity contribution in [1.29, 1.82) is 0 Å². The first kappa shape index (κ1) is 16.9. The zero-order valence-corrected chi connectivity index (χ0v) is 15.6. The Kier molecular flexibility index (Phi) is 4.56. The van der Waals surface area contributed by atoms with Gasteiger partial charge in [-0.15, -0.1) is 0 Å². The monoisotopic (exact) mass is 359 g/mol. The molecule has 1 saturated heterocycles. The van der Waals surface area contributed by atoms with Crippen LogP contribution in [0.4, 0.5) is 0 Å². The van der Waals surface area contributed by atoms with E-state index < -0.39 is 0 Å². The predicted molar refractivity (Wildman–Crippen MR) is 102 cm³/mol. The van der Waals surface area contributed by atoms with Crippen LogP contribution >= 0.6 is 23.4 Å². The number of carbonyl (C=O) groups excluding carboxylic acids is 1. The Hall–Kier alpha value is -1.98. The molecule has 1 aliphatic heterocycles. The molecule has 1 aliphatic rings. The second-order valence-electron chi connectivity index (χ2n) is 5.62. The van der Waals surface area contributed by atoms with E-state index in [1.165, 1.54) is 11.8 Å². The first-order valence-electron chi connectivity index (χ1n) is 7.51. The van der Waals surface area contributed by atoms with Gasteiger partial charge in [-0.25, -0.2) is 0 Å². The number of aliphatic imine (C=N–C) groups is 1. The normalized spacial score (nSPS) is 18.2. The van der Waals surface area contributed by atoms with Crippen LogP contribution in [0.3, 0.4) is 0 Å². The summed E-state index contributed by atoms with van der Waals surface area (Å²) in [5.41, 5.74) is 4.27. The van der Waals surface area contributed by atoms with Crippen molar-refractivity contribution in [3.8, 4) is 5.69 Å². The number of thioether (sulfide) groups is 1. The predicted octanol–water partition coefficient (Wildman–Crippen LogP) is 4.28. The van der Waals surface area contributed by atoms with Crippen LogP contribution in [0.1, 0.15) is 17.0 Å². The molecule has 2 heterocycles. The molecule has 0 radical (unpaired) electrons. The fourth-order valence-corrected chi connectivity index (χ4v) is 3.86. The summed E-state index contributed by atoms with van der Waals surface area (Å²) in [6, 6.07) is 9.83. The van der Waals surface area contributed by atoms with Gasteiger partial charge in [0, 0.05) is 36.2 Å². The fourth-order valence-electron chi connectivity index (χ4n) is 2.81. The van der Waals surface area contributed by atoms with Gasteiger partial charge in [-0.3, -0.25) is 14.7 Å². The van der Waals surface area contributed by atoms with Crippen LogP contribution < -0.4 is 0 Å². The summed E-state index contributed by atoms with van der Waals surface area (Å²) in [5.74, 6) is -0.0168. The standard InChI is InChI=1S/C18H18ClN3OS/c1-11-9-13(10-16-17(23)21(4)18(20-3)24-16)12(2)22(11)15-7-5-14(19)6-8-15/h5-10H,1-4H3/b16-10-,20-18?. The Morgan fingerprint density at radius 3 is 2.46 bits per heavy atom. The Labute approximate surface area is 150 Å². The minimum atomic E-state index is -0.0168. The Balaban J connectivity index is 2.03. The zero-order valence-electron chi connectivity index (χ0n) is 14.0. The van der Waals surface area contributed by atoms with Crippen LogP contribution in [0.2, 0.25) is 5.02 Å². The molecule has 1 aromatic carbocycles. The van der Waals surface area contributed by atoms with E-state index in [0.717, 1.165) is 27.8 Å². The number of halogens is 1. The quantitative estimate of drug-likeness (QED) is 0.750. The van der Waals surface area contributed by atoms with Crippen LogP contribution in [-0.2, 0) is 4.79 Å². The topological polar surface area (TPSA) is 37.6 Å². The van der Waals surface area contributed by atoms with E-state index in [1.807, 2.05) is 30.3 Å². The van der Waals surface area contributed by atoms with Gasteiger partial charge in [0.2, 0.25) is 0 Å². The number of amides is 1.